The normalized spacial score (nSPS) is 12.1. The van der Waals surface area contributed by atoms with Crippen molar-refractivity contribution in [2.24, 2.45) is 0 Å². The average Bonchev–Trinajstić information content (AvgIpc) is 2.50. The number of nitrogens with one attached hydrogen (secondary N) is 1. The summed E-state index contributed by atoms with van der Waals surface area (Å²) in [6.07, 6.45) is 2.26. The van der Waals surface area contributed by atoms with Gasteiger partial charge in [-0.2, -0.15) is 0 Å². The first-order valence-corrected chi connectivity index (χ1v) is 7.71. The lowest BCUT2D eigenvalue weighted by Gasteiger charge is -2.18. The lowest BCUT2D eigenvalue weighted by atomic mass is 9.97. The maximum atomic E-state index is 5.72. The Morgan fingerprint density at radius 2 is 1.81 bits per heavy atom. The first-order chi connectivity index (χ1) is 10.2. The predicted octanol–water partition coefficient (Wildman–Crippen LogP) is 4.48. The molecule has 1 N–H and O–H groups in total. The molecule has 2 aromatic rings. The average molecular weight is 283 g/mol. The van der Waals surface area contributed by atoms with Gasteiger partial charge in [0, 0.05) is 0 Å². The Hall–Kier alpha value is -1.80. The monoisotopic (exact) mass is 283 g/mol. The van der Waals surface area contributed by atoms with Gasteiger partial charge in [0.15, 0.2) is 0 Å². The highest BCUT2D eigenvalue weighted by Crippen LogP contribution is 2.24. The van der Waals surface area contributed by atoms with E-state index in [2.05, 4.69) is 67.7 Å². The summed E-state index contributed by atoms with van der Waals surface area (Å²) in [5, 5.41) is 3.39. The van der Waals surface area contributed by atoms with Crippen LogP contribution >= 0.6 is 0 Å². The van der Waals surface area contributed by atoms with E-state index in [0.29, 0.717) is 0 Å². The van der Waals surface area contributed by atoms with Gasteiger partial charge >= 0.3 is 0 Å². The van der Waals surface area contributed by atoms with E-state index < -0.39 is 0 Å². The van der Waals surface area contributed by atoms with Crippen LogP contribution in [0.5, 0.6) is 5.75 Å². The third-order valence-electron chi connectivity index (χ3n) is 3.64. The Morgan fingerprint density at radius 3 is 2.43 bits per heavy atom. The summed E-state index contributed by atoms with van der Waals surface area (Å²) < 4.78 is 5.72. The van der Waals surface area contributed by atoms with Crippen LogP contribution in [0.1, 0.15) is 42.5 Å². The maximum absolute atomic E-state index is 5.72. The van der Waals surface area contributed by atoms with Gasteiger partial charge in [0.1, 0.15) is 5.75 Å². The van der Waals surface area contributed by atoms with E-state index in [1.807, 2.05) is 7.05 Å². The molecule has 1 unspecified atom stereocenters. The van der Waals surface area contributed by atoms with Crippen LogP contribution in [0.2, 0.25) is 0 Å². The zero-order valence-corrected chi connectivity index (χ0v) is 13.2. The second-order valence-electron chi connectivity index (χ2n) is 5.41. The standard InChI is InChI=1S/C19H25NO/c1-4-5-13-21-18-11-9-16(10-12-18)19(20-3)17-8-6-7-15(2)14-17/h6-12,14,19-20H,4-5,13H2,1-3H3. The van der Waals surface area contributed by atoms with Crippen molar-refractivity contribution in [3.63, 3.8) is 0 Å². The Balaban J connectivity index is 2.12. The molecule has 112 valence electrons. The number of unbranched alkanes of at least 4 members (excludes halogenated alkanes) is 1. The van der Waals surface area contributed by atoms with Crippen molar-refractivity contribution in [2.75, 3.05) is 13.7 Å². The minimum absolute atomic E-state index is 0.217. The van der Waals surface area contributed by atoms with Gasteiger partial charge in [-0.3, -0.25) is 0 Å². The van der Waals surface area contributed by atoms with Crippen molar-refractivity contribution in [3.8, 4) is 5.75 Å². The molecule has 0 aromatic heterocycles. The van der Waals surface area contributed by atoms with Crippen LogP contribution < -0.4 is 10.1 Å². The second kappa shape index (κ2) is 7.84. The molecule has 0 amide bonds. The molecule has 2 rings (SSSR count). The maximum Gasteiger partial charge on any atom is 0.119 e. The van der Waals surface area contributed by atoms with Gasteiger partial charge in [0.2, 0.25) is 0 Å². The highest BCUT2D eigenvalue weighted by atomic mass is 16.5. The number of rotatable bonds is 7. The topological polar surface area (TPSA) is 21.3 Å². The molecule has 0 saturated carbocycles. The van der Waals surface area contributed by atoms with Crippen LogP contribution in [0, 0.1) is 6.92 Å². The van der Waals surface area contributed by atoms with Gasteiger partial charge < -0.3 is 10.1 Å². The molecule has 0 aliphatic rings. The Morgan fingerprint density at radius 1 is 1.05 bits per heavy atom. The van der Waals surface area contributed by atoms with Crippen LogP contribution in [0.3, 0.4) is 0 Å². The SMILES string of the molecule is CCCCOc1ccc(C(NC)c2cccc(C)c2)cc1. The summed E-state index contributed by atoms with van der Waals surface area (Å²) >= 11 is 0. The van der Waals surface area contributed by atoms with E-state index in [1.165, 1.54) is 16.7 Å². The van der Waals surface area contributed by atoms with Crippen molar-refractivity contribution < 1.29 is 4.74 Å². The largest absolute Gasteiger partial charge is 0.494 e. The molecule has 0 heterocycles. The smallest absolute Gasteiger partial charge is 0.119 e. The molecule has 0 fully saturated rings. The molecule has 2 heteroatoms. The molecular weight excluding hydrogens is 258 g/mol. The van der Waals surface area contributed by atoms with Gasteiger partial charge in [-0.15, -0.1) is 0 Å². The Kier molecular flexibility index (Phi) is 5.82. The summed E-state index contributed by atoms with van der Waals surface area (Å²) in [5.41, 5.74) is 3.83. The van der Waals surface area contributed by atoms with E-state index >= 15 is 0 Å². The van der Waals surface area contributed by atoms with Crippen LogP contribution in [-0.4, -0.2) is 13.7 Å². The van der Waals surface area contributed by atoms with Crippen molar-refractivity contribution in [1.82, 2.24) is 5.32 Å². The third kappa shape index (κ3) is 4.33. The molecule has 0 saturated heterocycles. The van der Waals surface area contributed by atoms with E-state index in [1.54, 1.807) is 0 Å². The van der Waals surface area contributed by atoms with Crippen molar-refractivity contribution in [1.29, 1.82) is 0 Å². The molecule has 0 aliphatic heterocycles. The predicted molar refractivity (Wildman–Crippen MR) is 88.9 cm³/mol. The summed E-state index contributed by atoms with van der Waals surface area (Å²) in [4.78, 5) is 0. The molecule has 0 aliphatic carbocycles. The van der Waals surface area contributed by atoms with Gasteiger partial charge in [-0.05, 0) is 43.7 Å². The zero-order chi connectivity index (χ0) is 15.1. The summed E-state index contributed by atoms with van der Waals surface area (Å²) in [6.45, 7) is 5.09. The van der Waals surface area contributed by atoms with Crippen LogP contribution in [0.25, 0.3) is 0 Å². The second-order valence-corrected chi connectivity index (χ2v) is 5.41. The van der Waals surface area contributed by atoms with Gasteiger partial charge in [0.25, 0.3) is 0 Å². The molecule has 0 radical (unpaired) electrons. The summed E-state index contributed by atoms with van der Waals surface area (Å²) in [6, 6.07) is 17.3. The number of hydrogen-bond acceptors (Lipinski definition) is 2. The van der Waals surface area contributed by atoms with Crippen molar-refractivity contribution >= 4 is 0 Å². The molecule has 0 spiro atoms. The number of hydrogen-bond donors (Lipinski definition) is 1. The van der Waals surface area contributed by atoms with E-state index in [4.69, 9.17) is 4.74 Å². The first kappa shape index (κ1) is 15.6. The quantitative estimate of drug-likeness (QED) is 0.756. The van der Waals surface area contributed by atoms with Crippen molar-refractivity contribution in [2.45, 2.75) is 32.7 Å². The van der Waals surface area contributed by atoms with Crippen LogP contribution in [0.4, 0.5) is 0 Å². The van der Waals surface area contributed by atoms with E-state index in [0.717, 1.165) is 25.2 Å². The molecule has 1 atom stereocenters. The van der Waals surface area contributed by atoms with Crippen molar-refractivity contribution in [3.05, 3.63) is 65.2 Å². The van der Waals surface area contributed by atoms with Gasteiger partial charge in [-0.1, -0.05) is 55.3 Å². The lowest BCUT2D eigenvalue weighted by Crippen LogP contribution is -2.17. The summed E-state index contributed by atoms with van der Waals surface area (Å²) in [5.74, 6) is 0.950. The minimum atomic E-state index is 0.217. The van der Waals surface area contributed by atoms with Gasteiger partial charge in [-0.25, -0.2) is 0 Å². The number of aryl methyl sites for hydroxylation is 1. The van der Waals surface area contributed by atoms with E-state index in [9.17, 15) is 0 Å². The van der Waals surface area contributed by atoms with Crippen LogP contribution in [-0.2, 0) is 0 Å². The zero-order valence-electron chi connectivity index (χ0n) is 13.2. The first-order valence-electron chi connectivity index (χ1n) is 7.71. The molecule has 2 nitrogen and oxygen atoms in total. The molecular formula is C19H25NO. The fourth-order valence-corrected chi connectivity index (χ4v) is 2.47. The highest BCUT2D eigenvalue weighted by molar-refractivity contribution is 5.36. The number of ether oxygens (including phenoxy) is 1. The fraction of sp³-hybridized carbons (Fsp3) is 0.368. The molecule has 2 aromatic carbocycles. The molecule has 21 heavy (non-hydrogen) atoms. The fourth-order valence-electron chi connectivity index (χ4n) is 2.47. The van der Waals surface area contributed by atoms with Crippen LogP contribution in [0.15, 0.2) is 48.5 Å². The number of benzene rings is 2. The highest BCUT2D eigenvalue weighted by Gasteiger charge is 2.11. The lowest BCUT2D eigenvalue weighted by molar-refractivity contribution is 0.309. The Labute approximate surface area is 128 Å². The summed E-state index contributed by atoms with van der Waals surface area (Å²) in [7, 11) is 2.00. The third-order valence-corrected chi connectivity index (χ3v) is 3.64. The molecule has 0 bridgehead atoms. The van der Waals surface area contributed by atoms with Gasteiger partial charge in [0.05, 0.1) is 12.6 Å². The Bertz CT molecular complexity index is 548. The van der Waals surface area contributed by atoms with E-state index in [-0.39, 0.29) is 6.04 Å². The minimum Gasteiger partial charge on any atom is -0.494 e.